The van der Waals surface area contributed by atoms with Crippen molar-refractivity contribution in [2.45, 2.75) is 38.8 Å². The third-order valence-electron chi connectivity index (χ3n) is 3.43. The summed E-state index contributed by atoms with van der Waals surface area (Å²) >= 11 is 0. The van der Waals surface area contributed by atoms with Crippen molar-refractivity contribution in [3.05, 3.63) is 29.3 Å². The van der Waals surface area contributed by atoms with E-state index in [0.717, 1.165) is 23.8 Å². The smallest absolute Gasteiger partial charge is 0.123 e. The zero-order valence-electron chi connectivity index (χ0n) is 11.1. The summed E-state index contributed by atoms with van der Waals surface area (Å²) in [5.41, 5.74) is 1.74. The van der Waals surface area contributed by atoms with Gasteiger partial charge in [-0.25, -0.2) is 0 Å². The second-order valence-electron chi connectivity index (χ2n) is 5.10. The molecule has 1 aliphatic rings. The monoisotopic (exact) mass is 244 g/mol. The number of nitrogens with zero attached hydrogens (tertiary/aromatic N) is 1. The highest BCUT2D eigenvalue weighted by atomic mass is 16.5. The van der Waals surface area contributed by atoms with E-state index < -0.39 is 0 Å². The van der Waals surface area contributed by atoms with Gasteiger partial charge in [-0.2, -0.15) is 5.26 Å². The second-order valence-corrected chi connectivity index (χ2v) is 5.10. The van der Waals surface area contributed by atoms with Crippen molar-refractivity contribution < 1.29 is 4.74 Å². The van der Waals surface area contributed by atoms with Gasteiger partial charge in [0.25, 0.3) is 0 Å². The van der Waals surface area contributed by atoms with Crippen molar-refractivity contribution in [2.24, 2.45) is 5.92 Å². The molecule has 0 saturated heterocycles. The van der Waals surface area contributed by atoms with Crippen LogP contribution >= 0.6 is 0 Å². The molecule has 96 valence electrons. The normalized spacial score (nSPS) is 16.1. The maximum absolute atomic E-state index is 8.92. The van der Waals surface area contributed by atoms with E-state index in [-0.39, 0.29) is 0 Å². The van der Waals surface area contributed by atoms with Crippen LogP contribution in [0.4, 0.5) is 0 Å². The van der Waals surface area contributed by atoms with Gasteiger partial charge in [0.15, 0.2) is 0 Å². The molecule has 0 aliphatic heterocycles. The Morgan fingerprint density at radius 1 is 1.50 bits per heavy atom. The molecule has 0 radical (unpaired) electrons. The number of ether oxygens (including phenoxy) is 1. The van der Waals surface area contributed by atoms with E-state index in [4.69, 9.17) is 10.00 Å². The van der Waals surface area contributed by atoms with E-state index in [2.05, 4.69) is 18.3 Å². The summed E-state index contributed by atoms with van der Waals surface area (Å²) in [5.74, 6) is 1.78. The fraction of sp³-hybridized carbons (Fsp3) is 0.533. The van der Waals surface area contributed by atoms with Gasteiger partial charge < -0.3 is 10.1 Å². The van der Waals surface area contributed by atoms with Crippen molar-refractivity contribution in [1.82, 2.24) is 5.32 Å². The van der Waals surface area contributed by atoms with E-state index in [1.54, 1.807) is 13.2 Å². The third-order valence-corrected chi connectivity index (χ3v) is 3.43. The summed E-state index contributed by atoms with van der Waals surface area (Å²) in [6.45, 7) is 2.98. The van der Waals surface area contributed by atoms with Gasteiger partial charge in [0, 0.05) is 18.2 Å². The summed E-state index contributed by atoms with van der Waals surface area (Å²) in [4.78, 5) is 0. The summed E-state index contributed by atoms with van der Waals surface area (Å²) in [6.07, 6.45) is 4.03. The number of rotatable bonds is 6. The van der Waals surface area contributed by atoms with E-state index >= 15 is 0 Å². The van der Waals surface area contributed by atoms with Gasteiger partial charge in [0.2, 0.25) is 0 Å². The number of nitrogens with one attached hydrogen (secondary N) is 1. The first-order valence-electron chi connectivity index (χ1n) is 6.53. The van der Waals surface area contributed by atoms with Crippen LogP contribution in [-0.4, -0.2) is 13.2 Å². The van der Waals surface area contributed by atoms with E-state index in [9.17, 15) is 0 Å². The first-order chi connectivity index (χ1) is 8.72. The second kappa shape index (κ2) is 5.88. The lowest BCUT2D eigenvalue weighted by Crippen LogP contribution is -2.26. The zero-order chi connectivity index (χ0) is 13.0. The molecule has 0 heterocycles. The van der Waals surface area contributed by atoms with Crippen LogP contribution in [0.5, 0.6) is 5.75 Å². The molecule has 1 N–H and O–H groups in total. The van der Waals surface area contributed by atoms with Crippen molar-refractivity contribution in [3.63, 3.8) is 0 Å². The standard InChI is InChI=1S/C15H20N2O/c1-11(7-12-3-4-12)17-10-14-8-13(9-16)5-6-15(14)18-2/h5-6,8,11-12,17H,3-4,7,10H2,1-2H3. The average molecular weight is 244 g/mol. The van der Waals surface area contributed by atoms with Gasteiger partial charge in [-0.15, -0.1) is 0 Å². The molecule has 0 amide bonds. The Balaban J connectivity index is 1.95. The Labute approximate surface area is 109 Å². The summed E-state index contributed by atoms with van der Waals surface area (Å²) in [6, 6.07) is 8.23. The minimum absolute atomic E-state index is 0.521. The highest BCUT2D eigenvalue weighted by Crippen LogP contribution is 2.33. The number of benzene rings is 1. The van der Waals surface area contributed by atoms with E-state index in [1.165, 1.54) is 19.3 Å². The van der Waals surface area contributed by atoms with Crippen LogP contribution in [0.3, 0.4) is 0 Å². The van der Waals surface area contributed by atoms with Crippen molar-refractivity contribution in [1.29, 1.82) is 5.26 Å². The number of hydrogen-bond donors (Lipinski definition) is 1. The van der Waals surface area contributed by atoms with Gasteiger partial charge in [0.1, 0.15) is 5.75 Å². The molecule has 0 spiro atoms. The Bertz CT molecular complexity index is 446. The van der Waals surface area contributed by atoms with Crippen LogP contribution < -0.4 is 10.1 Å². The van der Waals surface area contributed by atoms with Crippen LogP contribution in [0.25, 0.3) is 0 Å². The van der Waals surface area contributed by atoms with Crippen molar-refractivity contribution in [2.75, 3.05) is 7.11 Å². The van der Waals surface area contributed by atoms with Gasteiger partial charge in [0.05, 0.1) is 18.7 Å². The number of methoxy groups -OCH3 is 1. The molecular weight excluding hydrogens is 224 g/mol. The van der Waals surface area contributed by atoms with Crippen molar-refractivity contribution in [3.8, 4) is 11.8 Å². The molecule has 1 aromatic rings. The first kappa shape index (κ1) is 12.9. The molecule has 1 saturated carbocycles. The Kier molecular flexibility index (Phi) is 4.22. The van der Waals surface area contributed by atoms with Gasteiger partial charge in [-0.1, -0.05) is 12.8 Å². The Morgan fingerprint density at radius 2 is 2.28 bits per heavy atom. The van der Waals surface area contributed by atoms with Crippen LogP contribution in [0, 0.1) is 17.2 Å². The van der Waals surface area contributed by atoms with Crippen LogP contribution in [-0.2, 0) is 6.54 Å². The summed E-state index contributed by atoms with van der Waals surface area (Å²) < 4.78 is 5.32. The lowest BCUT2D eigenvalue weighted by molar-refractivity contribution is 0.403. The van der Waals surface area contributed by atoms with Gasteiger partial charge >= 0.3 is 0 Å². The average Bonchev–Trinajstić information content (AvgIpc) is 3.19. The zero-order valence-corrected chi connectivity index (χ0v) is 11.1. The lowest BCUT2D eigenvalue weighted by Gasteiger charge is -2.15. The summed E-state index contributed by atoms with van der Waals surface area (Å²) in [5, 5.41) is 12.4. The third kappa shape index (κ3) is 3.48. The Morgan fingerprint density at radius 3 is 2.89 bits per heavy atom. The molecule has 3 heteroatoms. The lowest BCUT2D eigenvalue weighted by atomic mass is 10.1. The molecule has 1 atom stereocenters. The molecule has 1 unspecified atom stereocenters. The first-order valence-corrected chi connectivity index (χ1v) is 6.53. The highest BCUT2D eigenvalue weighted by Gasteiger charge is 2.23. The number of hydrogen-bond acceptors (Lipinski definition) is 3. The maximum atomic E-state index is 8.92. The van der Waals surface area contributed by atoms with E-state index in [1.807, 2.05) is 12.1 Å². The predicted octanol–water partition coefficient (Wildman–Crippen LogP) is 2.85. The molecule has 18 heavy (non-hydrogen) atoms. The largest absolute Gasteiger partial charge is 0.496 e. The van der Waals surface area contributed by atoms with Crippen LogP contribution in [0.1, 0.15) is 37.3 Å². The van der Waals surface area contributed by atoms with Crippen LogP contribution in [0.2, 0.25) is 0 Å². The molecule has 1 aliphatic carbocycles. The van der Waals surface area contributed by atoms with Crippen LogP contribution in [0.15, 0.2) is 18.2 Å². The molecule has 2 rings (SSSR count). The fourth-order valence-corrected chi connectivity index (χ4v) is 2.21. The molecule has 1 fully saturated rings. The van der Waals surface area contributed by atoms with Gasteiger partial charge in [-0.05, 0) is 37.5 Å². The Hall–Kier alpha value is -1.53. The molecule has 3 nitrogen and oxygen atoms in total. The molecule has 0 bridgehead atoms. The predicted molar refractivity (Wildman–Crippen MR) is 71.4 cm³/mol. The number of nitriles is 1. The quantitative estimate of drug-likeness (QED) is 0.837. The highest BCUT2D eigenvalue weighted by molar-refractivity contribution is 5.42. The topological polar surface area (TPSA) is 45.0 Å². The molecular formula is C15H20N2O. The SMILES string of the molecule is COc1ccc(C#N)cc1CNC(C)CC1CC1. The molecule has 0 aromatic heterocycles. The molecule has 1 aromatic carbocycles. The minimum Gasteiger partial charge on any atom is -0.496 e. The fourth-order valence-electron chi connectivity index (χ4n) is 2.21. The van der Waals surface area contributed by atoms with E-state index in [0.29, 0.717) is 11.6 Å². The van der Waals surface area contributed by atoms with Crippen molar-refractivity contribution >= 4 is 0 Å². The summed E-state index contributed by atoms with van der Waals surface area (Å²) in [7, 11) is 1.67. The van der Waals surface area contributed by atoms with Gasteiger partial charge in [-0.3, -0.25) is 0 Å². The maximum Gasteiger partial charge on any atom is 0.123 e. The minimum atomic E-state index is 0.521.